The van der Waals surface area contributed by atoms with Crippen LogP contribution in [0.2, 0.25) is 0 Å². The highest BCUT2D eigenvalue weighted by Crippen LogP contribution is 2.43. The average Bonchev–Trinajstić information content (AvgIpc) is 2.87. The molecule has 0 saturated heterocycles. The minimum atomic E-state index is -0.0388. The van der Waals surface area contributed by atoms with Crippen molar-refractivity contribution < 1.29 is 4.79 Å². The lowest BCUT2D eigenvalue weighted by atomic mass is 9.72. The van der Waals surface area contributed by atoms with Gasteiger partial charge in [-0.1, -0.05) is 51.1 Å². The van der Waals surface area contributed by atoms with E-state index in [4.69, 9.17) is 5.73 Å². The van der Waals surface area contributed by atoms with E-state index in [2.05, 4.69) is 26.1 Å². The van der Waals surface area contributed by atoms with Crippen molar-refractivity contribution in [2.45, 2.75) is 46.6 Å². The zero-order valence-electron chi connectivity index (χ0n) is 14.7. The standard InChI is InChI=1S/C20H26N2OS/c1-20(2,3)14-9-10-15-16(11-14)24-18(21)17(15)19(23)22-12-13-7-5-4-6-8-13/h4-8,14H,9-12,21H2,1-3H3,(H,22,23)/t14-/m1/s1. The van der Waals surface area contributed by atoms with Crippen LogP contribution in [0.4, 0.5) is 5.00 Å². The fourth-order valence-electron chi connectivity index (χ4n) is 3.46. The predicted octanol–water partition coefficient (Wildman–Crippen LogP) is 4.41. The number of hydrogen-bond donors (Lipinski definition) is 2. The van der Waals surface area contributed by atoms with Gasteiger partial charge in [0.1, 0.15) is 0 Å². The number of fused-ring (bicyclic) bond motifs is 1. The van der Waals surface area contributed by atoms with Crippen LogP contribution in [0.15, 0.2) is 30.3 Å². The molecule has 2 aromatic rings. The van der Waals surface area contributed by atoms with Crippen LogP contribution in [-0.2, 0) is 19.4 Å². The summed E-state index contributed by atoms with van der Waals surface area (Å²) in [6.45, 7) is 7.43. The van der Waals surface area contributed by atoms with Crippen molar-refractivity contribution >= 4 is 22.2 Å². The van der Waals surface area contributed by atoms with E-state index < -0.39 is 0 Å². The Morgan fingerprint density at radius 2 is 2.00 bits per heavy atom. The highest BCUT2D eigenvalue weighted by atomic mass is 32.1. The van der Waals surface area contributed by atoms with Crippen molar-refractivity contribution in [1.29, 1.82) is 0 Å². The summed E-state index contributed by atoms with van der Waals surface area (Å²) in [6, 6.07) is 9.97. The molecule has 1 aromatic carbocycles. The highest BCUT2D eigenvalue weighted by Gasteiger charge is 2.33. The van der Waals surface area contributed by atoms with Crippen LogP contribution in [0.3, 0.4) is 0 Å². The number of nitrogen functional groups attached to an aromatic ring is 1. The van der Waals surface area contributed by atoms with Crippen molar-refractivity contribution in [2.75, 3.05) is 5.73 Å². The molecule has 24 heavy (non-hydrogen) atoms. The van der Waals surface area contributed by atoms with Gasteiger partial charge >= 0.3 is 0 Å². The number of carbonyl (C=O) groups is 1. The number of carbonyl (C=O) groups excluding carboxylic acids is 1. The molecule has 0 bridgehead atoms. The molecular weight excluding hydrogens is 316 g/mol. The van der Waals surface area contributed by atoms with Gasteiger partial charge in [0.15, 0.2) is 0 Å². The Hall–Kier alpha value is -1.81. The number of nitrogens with two attached hydrogens (primary N) is 1. The zero-order valence-corrected chi connectivity index (χ0v) is 15.5. The van der Waals surface area contributed by atoms with Gasteiger partial charge in [0.05, 0.1) is 10.6 Å². The summed E-state index contributed by atoms with van der Waals surface area (Å²) in [5.74, 6) is 0.617. The summed E-state index contributed by atoms with van der Waals surface area (Å²) >= 11 is 1.60. The molecule has 1 aromatic heterocycles. The second-order valence-corrected chi connectivity index (χ2v) is 8.85. The molecule has 3 nitrogen and oxygen atoms in total. The summed E-state index contributed by atoms with van der Waals surface area (Å²) in [7, 11) is 0. The molecular formula is C20H26N2OS. The van der Waals surface area contributed by atoms with Crippen molar-refractivity contribution in [1.82, 2.24) is 5.32 Å². The van der Waals surface area contributed by atoms with Gasteiger partial charge in [-0.25, -0.2) is 0 Å². The lowest BCUT2D eigenvalue weighted by molar-refractivity contribution is 0.0950. The Morgan fingerprint density at radius 1 is 1.29 bits per heavy atom. The predicted molar refractivity (Wildman–Crippen MR) is 101 cm³/mol. The average molecular weight is 343 g/mol. The number of anilines is 1. The van der Waals surface area contributed by atoms with Crippen molar-refractivity contribution in [3.63, 3.8) is 0 Å². The van der Waals surface area contributed by atoms with Crippen LogP contribution in [-0.4, -0.2) is 5.91 Å². The van der Waals surface area contributed by atoms with E-state index in [9.17, 15) is 4.79 Å². The van der Waals surface area contributed by atoms with Crippen LogP contribution in [0.5, 0.6) is 0 Å². The molecule has 0 saturated carbocycles. The topological polar surface area (TPSA) is 55.1 Å². The number of benzene rings is 1. The molecule has 1 atom stereocenters. The Bertz CT molecular complexity index is 728. The normalized spacial score (nSPS) is 17.4. The number of amides is 1. The molecule has 128 valence electrons. The van der Waals surface area contributed by atoms with Crippen molar-refractivity contribution in [3.8, 4) is 0 Å². The lowest BCUT2D eigenvalue weighted by Gasteiger charge is -2.33. The van der Waals surface area contributed by atoms with Gasteiger partial charge in [-0.15, -0.1) is 11.3 Å². The first-order valence-corrected chi connectivity index (χ1v) is 9.40. The maximum Gasteiger partial charge on any atom is 0.254 e. The van der Waals surface area contributed by atoms with Crippen LogP contribution in [0.25, 0.3) is 0 Å². The largest absolute Gasteiger partial charge is 0.390 e. The summed E-state index contributed by atoms with van der Waals surface area (Å²) < 4.78 is 0. The molecule has 0 unspecified atom stereocenters. The molecule has 0 fully saturated rings. The summed E-state index contributed by atoms with van der Waals surface area (Å²) in [5.41, 5.74) is 9.50. The van der Waals surface area contributed by atoms with Gasteiger partial charge in [0.2, 0.25) is 0 Å². The molecule has 4 heteroatoms. The SMILES string of the molecule is CC(C)(C)[C@@H]1CCc2c(sc(N)c2C(=O)NCc2ccccc2)C1. The molecule has 0 radical (unpaired) electrons. The lowest BCUT2D eigenvalue weighted by Crippen LogP contribution is -2.28. The summed E-state index contributed by atoms with van der Waals surface area (Å²) in [4.78, 5) is 14.0. The van der Waals surface area contributed by atoms with E-state index in [1.807, 2.05) is 30.3 Å². The van der Waals surface area contributed by atoms with Crippen LogP contribution in [0.1, 0.15) is 53.6 Å². The number of rotatable bonds is 3. The summed E-state index contributed by atoms with van der Waals surface area (Å²) in [6.07, 6.45) is 3.13. The first-order chi connectivity index (χ1) is 11.4. The molecule has 1 amide bonds. The smallest absolute Gasteiger partial charge is 0.254 e. The molecule has 1 aliphatic rings. The molecule has 0 spiro atoms. The third kappa shape index (κ3) is 3.48. The van der Waals surface area contributed by atoms with E-state index in [0.717, 1.165) is 30.4 Å². The van der Waals surface area contributed by atoms with Crippen molar-refractivity contribution in [2.24, 2.45) is 11.3 Å². The van der Waals surface area contributed by atoms with Gasteiger partial charge < -0.3 is 11.1 Å². The summed E-state index contributed by atoms with van der Waals surface area (Å²) in [5, 5.41) is 3.69. The Morgan fingerprint density at radius 3 is 2.67 bits per heavy atom. The minimum Gasteiger partial charge on any atom is -0.390 e. The second-order valence-electron chi connectivity index (χ2n) is 7.72. The Kier molecular flexibility index (Phi) is 4.68. The maximum absolute atomic E-state index is 12.7. The number of hydrogen-bond acceptors (Lipinski definition) is 3. The first kappa shape index (κ1) is 17.0. The van der Waals surface area contributed by atoms with Crippen LogP contribution < -0.4 is 11.1 Å². The number of nitrogens with one attached hydrogen (secondary N) is 1. The fraction of sp³-hybridized carbons (Fsp3) is 0.450. The quantitative estimate of drug-likeness (QED) is 0.868. The van der Waals surface area contributed by atoms with E-state index >= 15 is 0 Å². The highest BCUT2D eigenvalue weighted by molar-refractivity contribution is 7.16. The molecule has 0 aliphatic heterocycles. The monoisotopic (exact) mass is 342 g/mol. The first-order valence-electron chi connectivity index (χ1n) is 8.58. The minimum absolute atomic E-state index is 0.0388. The van der Waals surface area contributed by atoms with Gasteiger partial charge in [-0.2, -0.15) is 0 Å². The maximum atomic E-state index is 12.7. The third-order valence-electron chi connectivity index (χ3n) is 5.04. The molecule has 3 N–H and O–H groups in total. The van der Waals surface area contributed by atoms with E-state index in [1.165, 1.54) is 10.4 Å². The molecule has 1 heterocycles. The van der Waals surface area contributed by atoms with Crippen LogP contribution in [0, 0.1) is 11.3 Å². The zero-order chi connectivity index (χ0) is 17.3. The van der Waals surface area contributed by atoms with E-state index in [1.54, 1.807) is 11.3 Å². The van der Waals surface area contributed by atoms with Gasteiger partial charge in [0, 0.05) is 11.4 Å². The van der Waals surface area contributed by atoms with Crippen molar-refractivity contribution in [3.05, 3.63) is 51.9 Å². The molecule has 1 aliphatic carbocycles. The Labute approximate surface area is 148 Å². The molecule has 3 rings (SSSR count). The van der Waals surface area contributed by atoms with E-state index in [0.29, 0.717) is 22.9 Å². The fourth-order valence-corrected chi connectivity index (χ4v) is 4.66. The number of thiophene rings is 1. The third-order valence-corrected chi connectivity index (χ3v) is 6.12. The Balaban J connectivity index is 1.75. The second kappa shape index (κ2) is 6.60. The van der Waals surface area contributed by atoms with Gasteiger partial charge in [-0.05, 0) is 41.7 Å². The van der Waals surface area contributed by atoms with E-state index in [-0.39, 0.29) is 5.91 Å². The van der Waals surface area contributed by atoms with Gasteiger partial charge in [0.25, 0.3) is 5.91 Å². The van der Waals surface area contributed by atoms with Gasteiger partial charge in [-0.3, -0.25) is 4.79 Å². The van der Waals surface area contributed by atoms with Crippen LogP contribution >= 0.6 is 11.3 Å².